The number of carbonyl (C=O) groups is 1. The largest absolute Gasteiger partial charge is 0.460 e. The van der Waals surface area contributed by atoms with Gasteiger partial charge < -0.3 is 4.74 Å². The second-order valence-corrected chi connectivity index (χ2v) is 13.2. The number of carbonyl (C=O) groups excluding carboxylic acids is 1. The highest BCUT2D eigenvalue weighted by atomic mass is 19.4. The first-order chi connectivity index (χ1) is 23.4. The standard InChI is InChI=1S/C31H31F19O2/c1-2-3-16-4-6-17(7-5-16)18-10-14-21(15-11-18)52-22(51)19-8-12-20(13-9-19)23(32,33)24(34,35)25(36,37)26(38,39)27(40,41)28(42,43)29(44,45)30(46,47)31(48,49)50/h10-11,14-17,19-20H,2-9,12-13H2,1H3/t16-,17-,19-,20-. The van der Waals surface area contributed by atoms with E-state index in [1.54, 1.807) is 12.1 Å². The molecule has 0 heterocycles. The first-order valence-electron chi connectivity index (χ1n) is 15.8. The molecule has 0 N–H and O–H groups in total. The predicted octanol–water partition coefficient (Wildman–Crippen LogP) is 12.1. The lowest BCUT2D eigenvalue weighted by Gasteiger charge is -2.45. The van der Waals surface area contributed by atoms with Crippen LogP contribution in [-0.4, -0.2) is 59.5 Å². The fraction of sp³-hybridized carbons (Fsp3) is 0.774. The van der Waals surface area contributed by atoms with Gasteiger partial charge in [-0.2, -0.15) is 83.4 Å². The zero-order valence-corrected chi connectivity index (χ0v) is 26.7. The summed E-state index contributed by atoms with van der Waals surface area (Å²) in [6.07, 6.45) is -6.45. The highest BCUT2D eigenvalue weighted by Crippen LogP contribution is 2.66. The van der Waals surface area contributed by atoms with Crippen molar-refractivity contribution in [3.8, 4) is 5.75 Å². The Balaban J connectivity index is 1.72. The van der Waals surface area contributed by atoms with Crippen LogP contribution in [0, 0.1) is 17.8 Å². The molecule has 3 rings (SSSR count). The van der Waals surface area contributed by atoms with Gasteiger partial charge in [0.1, 0.15) is 5.75 Å². The van der Waals surface area contributed by atoms with Crippen LogP contribution in [0.25, 0.3) is 0 Å². The van der Waals surface area contributed by atoms with Gasteiger partial charge in [0.05, 0.1) is 5.92 Å². The van der Waals surface area contributed by atoms with E-state index in [1.165, 1.54) is 12.1 Å². The summed E-state index contributed by atoms with van der Waals surface area (Å²) in [6.45, 7) is 2.09. The SMILES string of the molecule is CCC[C@H]1CC[C@H](c2ccc(OC(=O)[C@H]3CC[C@H](C(F)(F)C(F)(F)C(F)(F)C(F)(F)C(F)(F)C(F)(F)C(F)(F)C(F)(F)C(F)(F)F)CC3)cc2)CC1. The number of halogens is 19. The number of ether oxygens (including phenoxy) is 1. The van der Waals surface area contributed by atoms with Gasteiger partial charge in [-0.05, 0) is 80.9 Å². The van der Waals surface area contributed by atoms with Crippen LogP contribution in [-0.2, 0) is 4.79 Å². The summed E-state index contributed by atoms with van der Waals surface area (Å²) < 4.78 is 265. The summed E-state index contributed by atoms with van der Waals surface area (Å²) in [6, 6.07) is 6.16. The molecule has 0 bridgehead atoms. The quantitative estimate of drug-likeness (QED) is 0.113. The van der Waals surface area contributed by atoms with Crippen LogP contribution in [0.4, 0.5) is 83.4 Å². The van der Waals surface area contributed by atoms with Gasteiger partial charge in [0, 0.05) is 5.92 Å². The van der Waals surface area contributed by atoms with Crippen molar-refractivity contribution in [3.05, 3.63) is 29.8 Å². The maximum absolute atomic E-state index is 14.8. The first-order valence-corrected chi connectivity index (χ1v) is 15.8. The third kappa shape index (κ3) is 7.03. The minimum Gasteiger partial charge on any atom is -0.426 e. The van der Waals surface area contributed by atoms with E-state index in [1.807, 2.05) is 0 Å². The summed E-state index contributed by atoms with van der Waals surface area (Å²) in [5, 5.41) is 0. The van der Waals surface area contributed by atoms with Crippen LogP contribution in [0.5, 0.6) is 5.75 Å². The van der Waals surface area contributed by atoms with Gasteiger partial charge in [-0.3, -0.25) is 4.79 Å². The zero-order chi connectivity index (χ0) is 40.1. The molecular weight excluding hydrogens is 765 g/mol. The fourth-order valence-electron chi connectivity index (χ4n) is 6.52. The van der Waals surface area contributed by atoms with Gasteiger partial charge in [-0.1, -0.05) is 31.9 Å². The first kappa shape index (κ1) is 43.8. The molecule has 52 heavy (non-hydrogen) atoms. The maximum atomic E-state index is 14.8. The number of esters is 1. The molecule has 0 unspecified atom stereocenters. The van der Waals surface area contributed by atoms with Crippen LogP contribution in [0.2, 0.25) is 0 Å². The third-order valence-corrected chi connectivity index (χ3v) is 9.83. The summed E-state index contributed by atoms with van der Waals surface area (Å²) in [4.78, 5) is 12.6. The highest BCUT2D eigenvalue weighted by Gasteiger charge is 2.96. The van der Waals surface area contributed by atoms with Crippen molar-refractivity contribution in [1.29, 1.82) is 0 Å². The Kier molecular flexibility index (Phi) is 12.0. The Morgan fingerprint density at radius 2 is 0.962 bits per heavy atom. The third-order valence-electron chi connectivity index (χ3n) is 9.83. The van der Waals surface area contributed by atoms with Crippen molar-refractivity contribution in [1.82, 2.24) is 0 Å². The average Bonchev–Trinajstić information content (AvgIpc) is 3.04. The van der Waals surface area contributed by atoms with Gasteiger partial charge in [0.2, 0.25) is 0 Å². The summed E-state index contributed by atoms with van der Waals surface area (Å²) in [5.74, 6) is -71.6. The van der Waals surface area contributed by atoms with Crippen molar-refractivity contribution >= 4 is 5.97 Å². The predicted molar refractivity (Wildman–Crippen MR) is 143 cm³/mol. The van der Waals surface area contributed by atoms with Gasteiger partial charge in [-0.15, -0.1) is 0 Å². The number of alkyl halides is 19. The van der Waals surface area contributed by atoms with E-state index in [0.717, 1.165) is 44.1 Å². The van der Waals surface area contributed by atoms with E-state index in [0.29, 0.717) is 5.92 Å². The van der Waals surface area contributed by atoms with Gasteiger partial charge in [0.25, 0.3) is 0 Å². The maximum Gasteiger partial charge on any atom is 0.460 e. The molecule has 2 aliphatic rings. The van der Waals surface area contributed by atoms with Crippen molar-refractivity contribution in [2.24, 2.45) is 17.8 Å². The Hall–Kier alpha value is -2.64. The van der Waals surface area contributed by atoms with Crippen LogP contribution in [0.1, 0.15) is 82.6 Å². The molecule has 1 aromatic carbocycles. The van der Waals surface area contributed by atoms with Crippen LogP contribution >= 0.6 is 0 Å². The summed E-state index contributed by atoms with van der Waals surface area (Å²) >= 11 is 0. The molecule has 2 aliphatic carbocycles. The second kappa shape index (κ2) is 14.2. The second-order valence-electron chi connectivity index (χ2n) is 13.2. The molecule has 2 nitrogen and oxygen atoms in total. The molecule has 2 fully saturated rings. The molecule has 0 aliphatic heterocycles. The molecule has 21 heteroatoms. The Morgan fingerprint density at radius 3 is 1.37 bits per heavy atom. The Bertz CT molecular complexity index is 1370. The molecule has 0 atom stereocenters. The molecule has 0 radical (unpaired) electrons. The van der Waals surface area contributed by atoms with Crippen molar-refractivity contribution in [2.45, 2.75) is 131 Å². The van der Waals surface area contributed by atoms with Gasteiger partial charge in [0.15, 0.2) is 0 Å². The lowest BCUT2D eigenvalue weighted by Crippen LogP contribution is -2.76. The normalized spacial score (nSPS) is 23.8. The zero-order valence-electron chi connectivity index (χ0n) is 26.7. The molecule has 300 valence electrons. The molecule has 0 spiro atoms. The van der Waals surface area contributed by atoms with E-state index in [4.69, 9.17) is 4.74 Å². The Morgan fingerprint density at radius 1 is 0.558 bits per heavy atom. The molecule has 0 aromatic heterocycles. The Labute approximate surface area is 283 Å². The molecule has 0 amide bonds. The van der Waals surface area contributed by atoms with E-state index in [9.17, 15) is 88.2 Å². The molecule has 2 saturated carbocycles. The lowest BCUT2D eigenvalue weighted by atomic mass is 9.75. The van der Waals surface area contributed by atoms with E-state index in [-0.39, 0.29) is 11.7 Å². The fourth-order valence-corrected chi connectivity index (χ4v) is 6.52. The summed E-state index contributed by atoms with van der Waals surface area (Å²) in [5.41, 5.74) is 0.940. The molecular formula is C31H31F19O2. The van der Waals surface area contributed by atoms with Crippen LogP contribution in [0.15, 0.2) is 24.3 Å². The lowest BCUT2D eigenvalue weighted by molar-refractivity contribution is -0.470. The average molecular weight is 797 g/mol. The van der Waals surface area contributed by atoms with E-state index in [2.05, 4.69) is 6.92 Å². The van der Waals surface area contributed by atoms with Crippen molar-refractivity contribution < 1.29 is 92.9 Å². The summed E-state index contributed by atoms with van der Waals surface area (Å²) in [7, 11) is 0. The minimum atomic E-state index is -8.95. The van der Waals surface area contributed by atoms with Crippen LogP contribution < -0.4 is 4.74 Å². The highest BCUT2D eigenvalue weighted by molar-refractivity contribution is 5.75. The topological polar surface area (TPSA) is 26.3 Å². The van der Waals surface area contributed by atoms with Gasteiger partial charge in [-0.25, -0.2) is 0 Å². The van der Waals surface area contributed by atoms with E-state index < -0.39 is 97.0 Å². The number of rotatable bonds is 13. The number of hydrogen-bond acceptors (Lipinski definition) is 2. The molecule has 1 aromatic rings. The van der Waals surface area contributed by atoms with Crippen molar-refractivity contribution in [3.63, 3.8) is 0 Å². The van der Waals surface area contributed by atoms with Crippen molar-refractivity contribution in [2.75, 3.05) is 0 Å². The van der Waals surface area contributed by atoms with Crippen LogP contribution in [0.3, 0.4) is 0 Å². The number of hydrogen-bond donors (Lipinski definition) is 0. The minimum absolute atomic E-state index is 0.0365. The van der Waals surface area contributed by atoms with Gasteiger partial charge >= 0.3 is 59.5 Å². The molecule has 0 saturated heterocycles. The smallest absolute Gasteiger partial charge is 0.426 e. The van der Waals surface area contributed by atoms with E-state index >= 15 is 0 Å². The monoisotopic (exact) mass is 796 g/mol. The number of benzene rings is 1.